The van der Waals surface area contributed by atoms with Gasteiger partial charge >= 0.3 is 0 Å². The molecule has 2 nitrogen and oxygen atoms in total. The van der Waals surface area contributed by atoms with Crippen LogP contribution in [0.5, 0.6) is 0 Å². The third-order valence-corrected chi connectivity index (χ3v) is 1.32. The highest BCUT2D eigenvalue weighted by Crippen LogP contribution is 1.98. The van der Waals surface area contributed by atoms with Gasteiger partial charge in [0.15, 0.2) is 0 Å². The van der Waals surface area contributed by atoms with Crippen LogP contribution in [0.15, 0.2) is 12.4 Å². The Kier molecular flexibility index (Phi) is 6.25. The van der Waals surface area contributed by atoms with E-state index in [1.165, 1.54) is 6.42 Å². The maximum Gasteiger partial charge on any atom is 0.0613 e. The van der Waals surface area contributed by atoms with Crippen LogP contribution in [0.25, 0.3) is 0 Å². The van der Waals surface area contributed by atoms with Gasteiger partial charge in [-0.25, -0.2) is 0 Å². The van der Waals surface area contributed by atoms with Gasteiger partial charge in [0.1, 0.15) is 0 Å². The third-order valence-electron chi connectivity index (χ3n) is 1.32. The van der Waals surface area contributed by atoms with E-state index >= 15 is 0 Å². The summed E-state index contributed by atoms with van der Waals surface area (Å²) in [7, 11) is 0. The molecule has 0 unspecified atom stereocenters. The summed E-state index contributed by atoms with van der Waals surface area (Å²) in [5.41, 5.74) is 2.14. The van der Waals surface area contributed by atoms with Gasteiger partial charge in [0.05, 0.1) is 11.4 Å². The fourth-order valence-corrected chi connectivity index (χ4v) is 0.783. The maximum atomic E-state index is 4.13. The van der Waals surface area contributed by atoms with Crippen molar-refractivity contribution in [3.8, 4) is 0 Å². The van der Waals surface area contributed by atoms with E-state index in [1.54, 1.807) is 12.4 Å². The molecule has 0 saturated carbocycles. The molecule has 1 aromatic heterocycles. The van der Waals surface area contributed by atoms with Crippen molar-refractivity contribution in [2.75, 3.05) is 0 Å². The van der Waals surface area contributed by atoms with E-state index in [1.807, 2.05) is 6.92 Å². The maximum absolute atomic E-state index is 4.13. The fraction of sp³-hybridized carbons (Fsp3) is 0.600. The van der Waals surface area contributed by atoms with Crippen molar-refractivity contribution < 1.29 is 0 Å². The SMILES string of the molecule is CCC.CCc1nccnc1C. The molecular weight excluding hydrogens is 148 g/mol. The highest BCUT2D eigenvalue weighted by atomic mass is 14.8. The Bertz CT molecular complexity index is 209. The third kappa shape index (κ3) is 4.06. The van der Waals surface area contributed by atoms with Crippen LogP contribution in [-0.2, 0) is 6.42 Å². The minimum atomic E-state index is 0.972. The predicted molar refractivity (Wildman–Crippen MR) is 52.1 cm³/mol. The summed E-state index contributed by atoms with van der Waals surface area (Å²) in [5.74, 6) is 0. The minimum Gasteiger partial charge on any atom is -0.258 e. The molecule has 12 heavy (non-hydrogen) atoms. The number of aromatic nitrogens is 2. The second-order valence-corrected chi connectivity index (χ2v) is 2.65. The lowest BCUT2D eigenvalue weighted by Crippen LogP contribution is -1.92. The summed E-state index contributed by atoms with van der Waals surface area (Å²) in [5, 5.41) is 0. The number of hydrogen-bond donors (Lipinski definition) is 0. The topological polar surface area (TPSA) is 25.8 Å². The Hall–Kier alpha value is -0.920. The van der Waals surface area contributed by atoms with E-state index in [9.17, 15) is 0 Å². The van der Waals surface area contributed by atoms with Crippen LogP contribution < -0.4 is 0 Å². The molecule has 0 aliphatic heterocycles. The Morgan fingerprint density at radius 2 is 1.58 bits per heavy atom. The van der Waals surface area contributed by atoms with E-state index < -0.39 is 0 Å². The summed E-state index contributed by atoms with van der Waals surface area (Å²) in [6.07, 6.45) is 5.67. The highest BCUT2D eigenvalue weighted by Gasteiger charge is 1.92. The van der Waals surface area contributed by atoms with Gasteiger partial charge < -0.3 is 0 Å². The van der Waals surface area contributed by atoms with E-state index in [2.05, 4.69) is 30.7 Å². The second kappa shape index (κ2) is 6.77. The highest BCUT2D eigenvalue weighted by molar-refractivity contribution is 5.07. The van der Waals surface area contributed by atoms with Gasteiger partial charge in [-0.1, -0.05) is 27.2 Å². The van der Waals surface area contributed by atoms with Crippen molar-refractivity contribution in [3.05, 3.63) is 23.8 Å². The van der Waals surface area contributed by atoms with Gasteiger partial charge in [-0.3, -0.25) is 9.97 Å². The van der Waals surface area contributed by atoms with Crippen LogP contribution in [0.3, 0.4) is 0 Å². The van der Waals surface area contributed by atoms with Gasteiger partial charge in [-0.05, 0) is 13.3 Å². The average Bonchev–Trinajstić information content (AvgIpc) is 2.07. The van der Waals surface area contributed by atoms with Crippen molar-refractivity contribution in [2.24, 2.45) is 0 Å². The predicted octanol–water partition coefficient (Wildman–Crippen LogP) is 2.76. The van der Waals surface area contributed by atoms with Crippen LogP contribution in [0.4, 0.5) is 0 Å². The number of aryl methyl sites for hydroxylation is 2. The fourth-order valence-electron chi connectivity index (χ4n) is 0.783. The molecule has 1 heterocycles. The van der Waals surface area contributed by atoms with E-state index in [0.717, 1.165) is 17.8 Å². The molecule has 0 atom stereocenters. The van der Waals surface area contributed by atoms with Crippen molar-refractivity contribution in [2.45, 2.75) is 40.5 Å². The molecule has 0 N–H and O–H groups in total. The smallest absolute Gasteiger partial charge is 0.0613 e. The summed E-state index contributed by atoms with van der Waals surface area (Å²) >= 11 is 0. The Morgan fingerprint density at radius 3 is 1.92 bits per heavy atom. The first kappa shape index (κ1) is 11.1. The van der Waals surface area contributed by atoms with E-state index in [0.29, 0.717) is 0 Å². The number of hydrogen-bond acceptors (Lipinski definition) is 2. The Labute approximate surface area is 75.1 Å². The lowest BCUT2D eigenvalue weighted by atomic mass is 10.3. The quantitative estimate of drug-likeness (QED) is 0.641. The monoisotopic (exact) mass is 166 g/mol. The number of nitrogens with zero attached hydrogens (tertiary/aromatic N) is 2. The first-order valence-corrected chi connectivity index (χ1v) is 4.52. The van der Waals surface area contributed by atoms with Crippen molar-refractivity contribution in [1.82, 2.24) is 9.97 Å². The zero-order chi connectivity index (χ0) is 9.40. The molecule has 0 radical (unpaired) electrons. The molecule has 68 valence electrons. The average molecular weight is 166 g/mol. The molecule has 0 aliphatic carbocycles. The van der Waals surface area contributed by atoms with Crippen LogP contribution in [0.1, 0.15) is 38.6 Å². The lowest BCUT2D eigenvalue weighted by Gasteiger charge is -1.96. The van der Waals surface area contributed by atoms with Gasteiger partial charge in [-0.2, -0.15) is 0 Å². The molecule has 2 heteroatoms. The zero-order valence-corrected chi connectivity index (χ0v) is 8.46. The van der Waals surface area contributed by atoms with E-state index in [-0.39, 0.29) is 0 Å². The largest absolute Gasteiger partial charge is 0.258 e. The van der Waals surface area contributed by atoms with E-state index in [4.69, 9.17) is 0 Å². The van der Waals surface area contributed by atoms with Crippen molar-refractivity contribution in [1.29, 1.82) is 0 Å². The van der Waals surface area contributed by atoms with Crippen LogP contribution in [0, 0.1) is 6.92 Å². The molecule has 0 amide bonds. The normalized spacial score (nSPS) is 8.67. The van der Waals surface area contributed by atoms with Crippen LogP contribution >= 0.6 is 0 Å². The summed E-state index contributed by atoms with van der Waals surface area (Å²) in [4.78, 5) is 8.22. The van der Waals surface area contributed by atoms with Crippen molar-refractivity contribution >= 4 is 0 Å². The molecule has 1 aromatic rings. The molecule has 0 aliphatic rings. The van der Waals surface area contributed by atoms with Gasteiger partial charge in [0.25, 0.3) is 0 Å². The molecule has 1 rings (SSSR count). The van der Waals surface area contributed by atoms with Crippen LogP contribution in [0.2, 0.25) is 0 Å². The number of rotatable bonds is 1. The first-order chi connectivity index (χ1) is 5.76. The van der Waals surface area contributed by atoms with Gasteiger partial charge in [0.2, 0.25) is 0 Å². The second-order valence-electron chi connectivity index (χ2n) is 2.65. The molecule has 0 spiro atoms. The van der Waals surface area contributed by atoms with Gasteiger partial charge in [0, 0.05) is 12.4 Å². The molecule has 0 saturated heterocycles. The molecular formula is C10H18N2. The van der Waals surface area contributed by atoms with Crippen LogP contribution in [-0.4, -0.2) is 9.97 Å². The molecule has 0 bridgehead atoms. The summed E-state index contributed by atoms with van der Waals surface area (Å²) < 4.78 is 0. The minimum absolute atomic E-state index is 0.972. The summed E-state index contributed by atoms with van der Waals surface area (Å²) in [6, 6.07) is 0. The molecule has 0 aromatic carbocycles. The Balaban J connectivity index is 0.000000354. The van der Waals surface area contributed by atoms with Gasteiger partial charge in [-0.15, -0.1) is 0 Å². The van der Waals surface area contributed by atoms with Crippen molar-refractivity contribution in [3.63, 3.8) is 0 Å². The summed E-state index contributed by atoms with van der Waals surface area (Å²) in [6.45, 7) is 8.31. The molecule has 0 fully saturated rings. The zero-order valence-electron chi connectivity index (χ0n) is 8.46. The Morgan fingerprint density at radius 1 is 1.08 bits per heavy atom. The lowest BCUT2D eigenvalue weighted by molar-refractivity contribution is 0.957. The first-order valence-electron chi connectivity index (χ1n) is 4.52. The standard InChI is InChI=1S/C7H10N2.C3H8/c1-3-7-6(2)8-4-5-9-7;1-3-2/h4-5H,3H2,1-2H3;3H2,1-2H3.